The molecule has 0 bridgehead atoms. The molecule has 1 heterocycles. The summed E-state index contributed by atoms with van der Waals surface area (Å²) in [5, 5.41) is 15.4. The van der Waals surface area contributed by atoms with Crippen LogP contribution in [0.1, 0.15) is 0 Å². The predicted molar refractivity (Wildman–Crippen MR) is 249 cm³/mol. The van der Waals surface area contributed by atoms with Gasteiger partial charge >= 0.3 is 0 Å². The van der Waals surface area contributed by atoms with Crippen LogP contribution in [0, 0.1) is 0 Å². The maximum atomic E-state index is 2.44. The van der Waals surface area contributed by atoms with Crippen LogP contribution in [-0.4, -0.2) is 0 Å². The van der Waals surface area contributed by atoms with Crippen molar-refractivity contribution in [2.45, 2.75) is 0 Å². The lowest BCUT2D eigenvalue weighted by Gasteiger charge is -2.18. The van der Waals surface area contributed by atoms with Gasteiger partial charge in [0.1, 0.15) is 0 Å². The van der Waals surface area contributed by atoms with Crippen LogP contribution in [-0.2, 0) is 0 Å². The van der Waals surface area contributed by atoms with Gasteiger partial charge in [-0.3, -0.25) is 0 Å². The lowest BCUT2D eigenvalue weighted by molar-refractivity contribution is 1.66. The van der Waals surface area contributed by atoms with Crippen molar-refractivity contribution < 1.29 is 0 Å². The zero-order chi connectivity index (χ0) is 37.5. The monoisotopic (exact) mass is 738 g/mol. The fourth-order valence-corrected chi connectivity index (χ4v) is 10.8. The quantitative estimate of drug-likeness (QED) is 0.158. The van der Waals surface area contributed by atoms with E-state index in [4.69, 9.17) is 0 Å². The van der Waals surface area contributed by atoms with Gasteiger partial charge in [-0.1, -0.05) is 194 Å². The van der Waals surface area contributed by atoms with E-state index in [1.807, 2.05) is 11.3 Å². The van der Waals surface area contributed by atoms with Gasteiger partial charge in [-0.05, 0) is 105 Å². The van der Waals surface area contributed by atoms with Gasteiger partial charge in [0.05, 0.1) is 0 Å². The third-order valence-corrected chi connectivity index (χ3v) is 13.2. The van der Waals surface area contributed by atoms with Gasteiger partial charge in [0, 0.05) is 25.7 Å². The van der Waals surface area contributed by atoms with E-state index in [1.54, 1.807) is 0 Å². The lowest BCUT2D eigenvalue weighted by Crippen LogP contribution is -1.91. The van der Waals surface area contributed by atoms with Crippen LogP contribution in [0.25, 0.3) is 119 Å². The van der Waals surface area contributed by atoms with Crippen LogP contribution in [0.5, 0.6) is 0 Å². The highest BCUT2D eigenvalue weighted by molar-refractivity contribution is 7.26. The first kappa shape index (κ1) is 32.2. The van der Waals surface area contributed by atoms with E-state index in [1.165, 1.54) is 119 Å². The van der Waals surface area contributed by atoms with E-state index in [2.05, 4.69) is 206 Å². The molecule has 264 valence electrons. The van der Waals surface area contributed by atoms with Gasteiger partial charge < -0.3 is 0 Å². The Kier molecular flexibility index (Phi) is 7.20. The number of thiophene rings is 1. The van der Waals surface area contributed by atoms with Crippen LogP contribution in [0.3, 0.4) is 0 Å². The summed E-state index contributed by atoms with van der Waals surface area (Å²) in [5.41, 5.74) is 10.2. The summed E-state index contributed by atoms with van der Waals surface area (Å²) >= 11 is 1.92. The lowest BCUT2D eigenvalue weighted by atomic mass is 9.85. The normalized spacial score (nSPS) is 11.9. The van der Waals surface area contributed by atoms with E-state index in [-0.39, 0.29) is 0 Å². The van der Waals surface area contributed by atoms with E-state index in [9.17, 15) is 0 Å². The van der Waals surface area contributed by atoms with Crippen molar-refractivity contribution >= 4 is 85.4 Å². The second kappa shape index (κ2) is 12.7. The SMILES string of the molecule is c1ccc(-c2c3ccccc3c(-c3ccc4c(c3)sc3c(-c5c6ccccc6c(-c6ccc7ccccc7c6)c6ccccc56)cccc34)c3ccccc23)cc1. The summed E-state index contributed by atoms with van der Waals surface area (Å²) in [6, 6.07) is 76.4. The van der Waals surface area contributed by atoms with Crippen molar-refractivity contribution in [3.8, 4) is 44.5 Å². The molecule has 12 rings (SSSR count). The zero-order valence-electron chi connectivity index (χ0n) is 31.0. The molecule has 0 N–H and O–H groups in total. The Hall–Kier alpha value is -7.06. The Morgan fingerprint density at radius 3 is 1.26 bits per heavy atom. The average molecular weight is 739 g/mol. The molecule has 0 saturated carbocycles. The van der Waals surface area contributed by atoms with Gasteiger partial charge in [-0.2, -0.15) is 0 Å². The smallest absolute Gasteiger partial charge is 0.0434 e. The largest absolute Gasteiger partial charge is 0.135 e. The molecule has 0 aliphatic carbocycles. The first-order chi connectivity index (χ1) is 28.3. The van der Waals surface area contributed by atoms with Gasteiger partial charge in [0.25, 0.3) is 0 Å². The molecule has 1 aromatic heterocycles. The van der Waals surface area contributed by atoms with E-state index in [0.29, 0.717) is 0 Å². The second-order valence-corrected chi connectivity index (χ2v) is 16.2. The van der Waals surface area contributed by atoms with Gasteiger partial charge in [0.15, 0.2) is 0 Å². The van der Waals surface area contributed by atoms with Gasteiger partial charge in [-0.15, -0.1) is 11.3 Å². The van der Waals surface area contributed by atoms with Crippen LogP contribution in [0.4, 0.5) is 0 Å². The minimum Gasteiger partial charge on any atom is -0.135 e. The first-order valence-corrected chi connectivity index (χ1v) is 20.5. The van der Waals surface area contributed by atoms with Crippen molar-refractivity contribution in [2.75, 3.05) is 0 Å². The molecule has 1 heteroatoms. The number of benzene rings is 11. The van der Waals surface area contributed by atoms with Gasteiger partial charge in [-0.25, -0.2) is 0 Å². The Balaban J connectivity index is 1.10. The maximum absolute atomic E-state index is 2.44. The highest BCUT2D eigenvalue weighted by atomic mass is 32.1. The number of hydrogen-bond donors (Lipinski definition) is 0. The van der Waals surface area contributed by atoms with Crippen LogP contribution < -0.4 is 0 Å². The minimum atomic E-state index is 1.24. The summed E-state index contributed by atoms with van der Waals surface area (Å²) in [4.78, 5) is 0. The number of hydrogen-bond acceptors (Lipinski definition) is 1. The first-order valence-electron chi connectivity index (χ1n) is 19.7. The average Bonchev–Trinajstić information content (AvgIpc) is 3.66. The summed E-state index contributed by atoms with van der Waals surface area (Å²) < 4.78 is 2.63. The van der Waals surface area contributed by atoms with Crippen LogP contribution in [0.15, 0.2) is 206 Å². The minimum absolute atomic E-state index is 1.24. The van der Waals surface area contributed by atoms with E-state index in [0.717, 1.165) is 0 Å². The molecule has 0 amide bonds. The summed E-state index contributed by atoms with van der Waals surface area (Å²) in [6.07, 6.45) is 0. The molecular weight excluding hydrogens is 705 g/mol. The topological polar surface area (TPSA) is 0 Å². The Morgan fingerprint density at radius 2 is 0.684 bits per heavy atom. The molecule has 11 aromatic carbocycles. The highest BCUT2D eigenvalue weighted by Crippen LogP contribution is 2.49. The van der Waals surface area contributed by atoms with Gasteiger partial charge in [0.2, 0.25) is 0 Å². The third kappa shape index (κ3) is 4.93. The van der Waals surface area contributed by atoms with E-state index < -0.39 is 0 Å². The third-order valence-electron chi connectivity index (χ3n) is 12.0. The summed E-state index contributed by atoms with van der Waals surface area (Å²) in [7, 11) is 0. The molecule has 0 spiro atoms. The van der Waals surface area contributed by atoms with Crippen LogP contribution >= 0.6 is 11.3 Å². The van der Waals surface area contributed by atoms with E-state index >= 15 is 0 Å². The Labute approximate surface area is 334 Å². The van der Waals surface area contributed by atoms with Crippen LogP contribution in [0.2, 0.25) is 0 Å². The number of fused-ring (bicyclic) bond motifs is 8. The molecule has 57 heavy (non-hydrogen) atoms. The summed E-state index contributed by atoms with van der Waals surface area (Å²) in [6.45, 7) is 0. The standard InChI is InChI=1S/C56H34S/c1-2-16-36(17-3-1)52-41-19-6-8-21-43(41)54(44-22-9-7-20-42(44)52)39-31-32-40-49-27-14-28-50(56(49)57-51(40)34-39)55-47-25-12-10-23-45(47)53(46-24-11-13-26-48(46)55)38-30-29-35-15-4-5-18-37(35)33-38/h1-34H. The fourth-order valence-electron chi connectivity index (χ4n) is 9.58. The van der Waals surface area contributed by atoms with Crippen molar-refractivity contribution in [1.29, 1.82) is 0 Å². The van der Waals surface area contributed by atoms with Crippen molar-refractivity contribution in [2.24, 2.45) is 0 Å². The van der Waals surface area contributed by atoms with Crippen molar-refractivity contribution in [1.82, 2.24) is 0 Å². The fraction of sp³-hybridized carbons (Fsp3) is 0. The predicted octanol–water partition coefficient (Wildman–Crippen LogP) is 16.5. The molecule has 0 fully saturated rings. The van der Waals surface area contributed by atoms with Crippen molar-refractivity contribution in [3.63, 3.8) is 0 Å². The molecule has 12 aromatic rings. The second-order valence-electron chi connectivity index (χ2n) is 15.1. The van der Waals surface area contributed by atoms with Crippen molar-refractivity contribution in [3.05, 3.63) is 206 Å². The molecule has 0 aliphatic rings. The molecule has 0 nitrogen and oxygen atoms in total. The molecule has 0 saturated heterocycles. The maximum Gasteiger partial charge on any atom is 0.0434 e. The summed E-state index contributed by atoms with van der Waals surface area (Å²) in [5.74, 6) is 0. The Bertz CT molecular complexity index is 3460. The highest BCUT2D eigenvalue weighted by Gasteiger charge is 2.21. The zero-order valence-corrected chi connectivity index (χ0v) is 31.9. The molecule has 0 unspecified atom stereocenters. The molecule has 0 aliphatic heterocycles. The number of rotatable bonds is 4. The molecular formula is C56H34S. The molecule has 0 radical (unpaired) electrons. The molecule has 0 atom stereocenters. The Morgan fingerprint density at radius 1 is 0.246 bits per heavy atom.